The standard InChI is InChI=1S/C6H11NO2.ClH/c1-2-8-6(9-3-1)4-7-5-6;/h7H,1-5H2;1H. The van der Waals surface area contributed by atoms with Crippen LogP contribution in [0.15, 0.2) is 0 Å². The van der Waals surface area contributed by atoms with E-state index in [0.29, 0.717) is 0 Å². The van der Waals surface area contributed by atoms with Crippen LogP contribution < -0.4 is 5.32 Å². The molecule has 1 spiro atoms. The molecule has 1 N–H and O–H groups in total. The maximum Gasteiger partial charge on any atom is 0.193 e. The minimum atomic E-state index is -0.210. The molecule has 0 aromatic heterocycles. The smallest absolute Gasteiger partial charge is 0.193 e. The third kappa shape index (κ3) is 1.27. The molecule has 0 aliphatic carbocycles. The number of halogens is 1. The molecule has 0 atom stereocenters. The minimum absolute atomic E-state index is 0. The van der Waals surface area contributed by atoms with Gasteiger partial charge in [-0.3, -0.25) is 0 Å². The van der Waals surface area contributed by atoms with E-state index in [-0.39, 0.29) is 18.2 Å². The summed E-state index contributed by atoms with van der Waals surface area (Å²) in [5.41, 5.74) is 0. The van der Waals surface area contributed by atoms with Crippen molar-refractivity contribution in [1.82, 2.24) is 5.32 Å². The minimum Gasteiger partial charge on any atom is -0.347 e. The fourth-order valence-electron chi connectivity index (χ4n) is 1.15. The maximum atomic E-state index is 5.42. The van der Waals surface area contributed by atoms with Crippen molar-refractivity contribution in [3.8, 4) is 0 Å². The van der Waals surface area contributed by atoms with Gasteiger partial charge in [0.1, 0.15) is 0 Å². The van der Waals surface area contributed by atoms with Crippen LogP contribution in [-0.2, 0) is 9.47 Å². The average Bonchev–Trinajstić information content (AvgIpc) is 1.87. The van der Waals surface area contributed by atoms with Crippen molar-refractivity contribution in [2.75, 3.05) is 26.3 Å². The zero-order chi connectivity index (χ0) is 6.16. The highest BCUT2D eigenvalue weighted by Crippen LogP contribution is 2.22. The monoisotopic (exact) mass is 165 g/mol. The molecule has 0 unspecified atom stereocenters. The molecule has 4 heteroatoms. The van der Waals surface area contributed by atoms with E-state index in [1.807, 2.05) is 0 Å². The summed E-state index contributed by atoms with van der Waals surface area (Å²) in [6.45, 7) is 3.46. The molecule has 2 aliphatic heterocycles. The highest BCUT2D eigenvalue weighted by molar-refractivity contribution is 5.85. The molecular weight excluding hydrogens is 154 g/mol. The zero-order valence-electron chi connectivity index (χ0n) is 5.76. The Labute approximate surface area is 66.5 Å². The van der Waals surface area contributed by atoms with Crippen molar-refractivity contribution in [1.29, 1.82) is 0 Å². The number of hydrogen-bond acceptors (Lipinski definition) is 3. The van der Waals surface area contributed by atoms with Crippen molar-refractivity contribution in [2.45, 2.75) is 12.2 Å². The van der Waals surface area contributed by atoms with Crippen LogP contribution in [0, 0.1) is 0 Å². The summed E-state index contributed by atoms with van der Waals surface area (Å²) in [7, 11) is 0. The summed E-state index contributed by atoms with van der Waals surface area (Å²) in [5.74, 6) is -0.210. The van der Waals surface area contributed by atoms with Gasteiger partial charge >= 0.3 is 0 Å². The Morgan fingerprint density at radius 1 is 1.10 bits per heavy atom. The lowest BCUT2D eigenvalue weighted by Crippen LogP contribution is -2.64. The first kappa shape index (κ1) is 8.27. The normalized spacial score (nSPS) is 28.8. The van der Waals surface area contributed by atoms with E-state index in [4.69, 9.17) is 9.47 Å². The van der Waals surface area contributed by atoms with Crippen LogP contribution in [0.2, 0.25) is 0 Å². The second-order valence-electron chi connectivity index (χ2n) is 2.56. The molecule has 0 amide bonds. The third-order valence-electron chi connectivity index (χ3n) is 1.81. The molecule has 3 nitrogen and oxygen atoms in total. The van der Waals surface area contributed by atoms with Crippen LogP contribution in [0.3, 0.4) is 0 Å². The van der Waals surface area contributed by atoms with E-state index >= 15 is 0 Å². The highest BCUT2D eigenvalue weighted by atomic mass is 35.5. The van der Waals surface area contributed by atoms with E-state index in [1.165, 1.54) is 0 Å². The van der Waals surface area contributed by atoms with Gasteiger partial charge in [-0.15, -0.1) is 12.4 Å². The Bertz CT molecular complexity index is 108. The SMILES string of the molecule is C1COC2(CNC2)OC1.Cl. The fraction of sp³-hybridized carbons (Fsp3) is 1.00. The molecule has 0 radical (unpaired) electrons. The molecule has 2 saturated heterocycles. The summed E-state index contributed by atoms with van der Waals surface area (Å²) in [6, 6.07) is 0. The van der Waals surface area contributed by atoms with Gasteiger partial charge in [-0.1, -0.05) is 0 Å². The molecule has 0 saturated carbocycles. The lowest BCUT2D eigenvalue weighted by atomic mass is 10.1. The molecule has 2 rings (SSSR count). The third-order valence-corrected chi connectivity index (χ3v) is 1.81. The first-order valence-corrected chi connectivity index (χ1v) is 3.40. The van der Waals surface area contributed by atoms with Crippen molar-refractivity contribution in [2.24, 2.45) is 0 Å². The molecular formula is C6H12ClNO2. The lowest BCUT2D eigenvalue weighted by Gasteiger charge is -2.44. The van der Waals surface area contributed by atoms with Crippen molar-refractivity contribution in [3.05, 3.63) is 0 Å². The van der Waals surface area contributed by atoms with E-state index in [2.05, 4.69) is 5.32 Å². The zero-order valence-corrected chi connectivity index (χ0v) is 6.58. The predicted octanol–water partition coefficient (Wildman–Crippen LogP) is 0.145. The number of nitrogens with one attached hydrogen (secondary N) is 1. The van der Waals surface area contributed by atoms with Gasteiger partial charge in [0, 0.05) is 0 Å². The average molecular weight is 166 g/mol. The van der Waals surface area contributed by atoms with Crippen molar-refractivity contribution < 1.29 is 9.47 Å². The number of rotatable bonds is 0. The molecule has 0 bridgehead atoms. The van der Waals surface area contributed by atoms with Crippen molar-refractivity contribution in [3.63, 3.8) is 0 Å². The largest absolute Gasteiger partial charge is 0.347 e. The molecule has 0 aromatic carbocycles. The van der Waals surface area contributed by atoms with E-state index < -0.39 is 0 Å². The summed E-state index contributed by atoms with van der Waals surface area (Å²) < 4.78 is 10.8. The first-order valence-electron chi connectivity index (χ1n) is 3.40. The van der Waals surface area contributed by atoms with Crippen LogP contribution in [0.4, 0.5) is 0 Å². The number of hydrogen-bond donors (Lipinski definition) is 1. The summed E-state index contributed by atoms with van der Waals surface area (Å²) >= 11 is 0. The van der Waals surface area contributed by atoms with Gasteiger partial charge in [-0.05, 0) is 6.42 Å². The number of ether oxygens (including phenoxy) is 2. The van der Waals surface area contributed by atoms with Gasteiger partial charge in [0.15, 0.2) is 5.79 Å². The molecule has 2 aliphatic rings. The van der Waals surface area contributed by atoms with Crippen LogP contribution >= 0.6 is 12.4 Å². The Morgan fingerprint density at radius 2 is 1.70 bits per heavy atom. The Kier molecular flexibility index (Phi) is 2.52. The van der Waals surface area contributed by atoms with E-state index in [0.717, 1.165) is 32.7 Å². The predicted molar refractivity (Wildman–Crippen MR) is 39.4 cm³/mol. The van der Waals surface area contributed by atoms with E-state index in [9.17, 15) is 0 Å². The first-order chi connectivity index (χ1) is 4.41. The van der Waals surface area contributed by atoms with Crippen LogP contribution in [0.1, 0.15) is 6.42 Å². The lowest BCUT2D eigenvalue weighted by molar-refractivity contribution is -0.287. The molecule has 60 valence electrons. The van der Waals surface area contributed by atoms with Gasteiger partial charge in [0.05, 0.1) is 26.3 Å². The highest BCUT2D eigenvalue weighted by Gasteiger charge is 2.40. The molecule has 0 aromatic rings. The molecule has 2 fully saturated rings. The Balaban J connectivity index is 0.000000500. The maximum absolute atomic E-state index is 5.42. The van der Waals surface area contributed by atoms with Gasteiger partial charge in [0.2, 0.25) is 0 Å². The van der Waals surface area contributed by atoms with E-state index in [1.54, 1.807) is 0 Å². The van der Waals surface area contributed by atoms with Gasteiger partial charge in [0.25, 0.3) is 0 Å². The van der Waals surface area contributed by atoms with Crippen LogP contribution in [-0.4, -0.2) is 32.1 Å². The Hall–Kier alpha value is 0.170. The topological polar surface area (TPSA) is 30.5 Å². The molecule has 10 heavy (non-hydrogen) atoms. The van der Waals surface area contributed by atoms with Gasteiger partial charge in [-0.25, -0.2) is 0 Å². The van der Waals surface area contributed by atoms with Gasteiger partial charge in [-0.2, -0.15) is 0 Å². The summed E-state index contributed by atoms with van der Waals surface area (Å²) in [4.78, 5) is 0. The second kappa shape index (κ2) is 3.05. The second-order valence-corrected chi connectivity index (χ2v) is 2.56. The van der Waals surface area contributed by atoms with Crippen molar-refractivity contribution >= 4 is 12.4 Å². The Morgan fingerprint density at radius 3 is 2.00 bits per heavy atom. The summed E-state index contributed by atoms with van der Waals surface area (Å²) in [6.07, 6.45) is 1.04. The molecule has 2 heterocycles. The van der Waals surface area contributed by atoms with Crippen LogP contribution in [0.5, 0.6) is 0 Å². The fourth-order valence-corrected chi connectivity index (χ4v) is 1.15. The van der Waals surface area contributed by atoms with Gasteiger partial charge < -0.3 is 14.8 Å². The quantitative estimate of drug-likeness (QED) is 0.554. The summed E-state index contributed by atoms with van der Waals surface area (Å²) in [5, 5.41) is 3.12. The van der Waals surface area contributed by atoms with Crippen LogP contribution in [0.25, 0.3) is 0 Å².